The predicted molar refractivity (Wildman–Crippen MR) is 116 cm³/mol. The predicted octanol–water partition coefficient (Wildman–Crippen LogP) is 5.54. The van der Waals surface area contributed by atoms with E-state index in [1.165, 1.54) is 18.1 Å². The van der Waals surface area contributed by atoms with Gasteiger partial charge in [-0.05, 0) is 12.1 Å². The van der Waals surface area contributed by atoms with E-state index in [-0.39, 0.29) is 5.92 Å². The molecule has 0 radical (unpaired) electrons. The molecule has 1 unspecified atom stereocenters. The van der Waals surface area contributed by atoms with E-state index in [4.69, 9.17) is 10.8 Å². The third-order valence-electron chi connectivity index (χ3n) is 3.92. The van der Waals surface area contributed by atoms with Gasteiger partial charge in [0.2, 0.25) is 0 Å². The molecule has 5 heteroatoms. The Balaban J connectivity index is 2.31. The first-order valence-corrected chi connectivity index (χ1v) is 9.39. The standard InChI is InChI=1S/C18H15I2N3/c19-16-7-3-1-6-14(16)18-15(9-12(10-21)11-22)13-5-2-4-8-17(13)23(18)20/h1-11,14,16,21-22H/t14?,16-/m0/s1. The molecular formula is C18H15I2N3. The fourth-order valence-electron chi connectivity index (χ4n) is 2.82. The van der Waals surface area contributed by atoms with E-state index in [9.17, 15) is 0 Å². The number of para-hydroxylation sites is 1. The number of hydrogen-bond donors (Lipinski definition) is 2. The fourth-order valence-corrected chi connectivity index (χ4v) is 4.64. The molecule has 1 aromatic carbocycles. The van der Waals surface area contributed by atoms with Gasteiger partial charge in [0.05, 0.1) is 28.4 Å². The molecule has 0 amide bonds. The zero-order valence-corrected chi connectivity index (χ0v) is 16.5. The first-order valence-electron chi connectivity index (χ1n) is 7.18. The number of halogens is 2. The highest BCUT2D eigenvalue weighted by Gasteiger charge is 2.26. The summed E-state index contributed by atoms with van der Waals surface area (Å²) in [5.41, 5.74) is 4.08. The van der Waals surface area contributed by atoms with Crippen LogP contribution in [0.2, 0.25) is 0 Å². The van der Waals surface area contributed by atoms with Crippen LogP contribution in [0.3, 0.4) is 0 Å². The van der Waals surface area contributed by atoms with Crippen LogP contribution < -0.4 is 0 Å². The van der Waals surface area contributed by atoms with Crippen molar-refractivity contribution in [2.45, 2.75) is 9.84 Å². The van der Waals surface area contributed by atoms with E-state index in [1.54, 1.807) is 0 Å². The van der Waals surface area contributed by atoms with Crippen molar-refractivity contribution in [3.05, 3.63) is 65.4 Å². The third-order valence-corrected chi connectivity index (χ3v) is 6.15. The molecule has 0 bridgehead atoms. The van der Waals surface area contributed by atoms with Crippen LogP contribution in [0.15, 0.2) is 54.1 Å². The second kappa shape index (κ2) is 7.12. The summed E-state index contributed by atoms with van der Waals surface area (Å²) in [6, 6.07) is 8.30. The van der Waals surface area contributed by atoms with Crippen LogP contribution in [-0.4, -0.2) is 19.1 Å². The number of nitrogens with zero attached hydrogens (tertiary/aromatic N) is 1. The Hall–Kier alpha value is -1.22. The van der Waals surface area contributed by atoms with Crippen LogP contribution in [-0.2, 0) is 0 Å². The number of rotatable bonds is 4. The molecule has 23 heavy (non-hydrogen) atoms. The van der Waals surface area contributed by atoms with Crippen molar-refractivity contribution in [2.75, 3.05) is 0 Å². The summed E-state index contributed by atoms with van der Waals surface area (Å²) in [5.74, 6) is 0.272. The van der Waals surface area contributed by atoms with Crippen LogP contribution in [0.1, 0.15) is 17.2 Å². The molecule has 1 aliphatic carbocycles. The van der Waals surface area contributed by atoms with Gasteiger partial charge < -0.3 is 10.8 Å². The number of allylic oxidation sites excluding steroid dienone is 5. The minimum Gasteiger partial charge on any atom is -0.308 e. The highest BCUT2D eigenvalue weighted by molar-refractivity contribution is 14.1. The molecule has 1 aromatic heterocycles. The largest absolute Gasteiger partial charge is 0.308 e. The van der Waals surface area contributed by atoms with Crippen molar-refractivity contribution >= 4 is 74.9 Å². The van der Waals surface area contributed by atoms with E-state index in [0.717, 1.165) is 16.5 Å². The zero-order valence-electron chi connectivity index (χ0n) is 12.2. The van der Waals surface area contributed by atoms with Gasteiger partial charge in [-0.2, -0.15) is 0 Å². The van der Waals surface area contributed by atoms with Gasteiger partial charge in [-0.25, -0.2) is 0 Å². The first-order chi connectivity index (χ1) is 11.2. The van der Waals surface area contributed by atoms with Crippen molar-refractivity contribution in [3.8, 4) is 0 Å². The molecule has 2 atom stereocenters. The summed E-state index contributed by atoms with van der Waals surface area (Å²) in [5, 5.41) is 16.2. The monoisotopic (exact) mass is 527 g/mol. The molecule has 0 saturated heterocycles. The average molecular weight is 527 g/mol. The molecule has 3 nitrogen and oxygen atoms in total. The highest BCUT2D eigenvalue weighted by atomic mass is 127. The molecular weight excluding hydrogens is 512 g/mol. The van der Waals surface area contributed by atoms with Crippen molar-refractivity contribution in [1.29, 1.82) is 10.8 Å². The van der Waals surface area contributed by atoms with Crippen molar-refractivity contribution in [1.82, 2.24) is 2.78 Å². The van der Waals surface area contributed by atoms with Gasteiger partial charge in [0.1, 0.15) is 0 Å². The molecule has 2 N–H and O–H groups in total. The Morgan fingerprint density at radius 1 is 1.09 bits per heavy atom. The quantitative estimate of drug-likeness (QED) is 0.299. The lowest BCUT2D eigenvalue weighted by Gasteiger charge is -2.21. The maximum atomic E-state index is 7.50. The minimum absolute atomic E-state index is 0.272. The van der Waals surface area contributed by atoms with E-state index < -0.39 is 0 Å². The molecule has 0 aliphatic heterocycles. The Morgan fingerprint density at radius 3 is 2.48 bits per heavy atom. The maximum Gasteiger partial charge on any atom is 0.0643 e. The molecule has 0 saturated carbocycles. The molecule has 2 aromatic rings. The summed E-state index contributed by atoms with van der Waals surface area (Å²) in [6.45, 7) is 0. The Bertz CT molecular complexity index is 849. The first kappa shape index (κ1) is 16.6. The topological polar surface area (TPSA) is 52.6 Å². The van der Waals surface area contributed by atoms with Crippen LogP contribution >= 0.6 is 45.5 Å². The van der Waals surface area contributed by atoms with Crippen molar-refractivity contribution in [2.24, 2.45) is 0 Å². The zero-order chi connectivity index (χ0) is 16.4. The number of hydrogen-bond acceptors (Lipinski definition) is 2. The second-order valence-electron chi connectivity index (χ2n) is 5.27. The van der Waals surface area contributed by atoms with Gasteiger partial charge in [0, 0.05) is 44.5 Å². The Morgan fingerprint density at radius 2 is 1.78 bits per heavy atom. The van der Waals surface area contributed by atoms with Crippen molar-refractivity contribution in [3.63, 3.8) is 0 Å². The lowest BCUT2D eigenvalue weighted by Crippen LogP contribution is -2.13. The molecule has 0 spiro atoms. The summed E-state index contributed by atoms with van der Waals surface area (Å²) in [7, 11) is 0. The Labute approximate surface area is 162 Å². The fraction of sp³-hybridized carbons (Fsp3) is 0.111. The van der Waals surface area contributed by atoms with Crippen LogP contribution in [0.4, 0.5) is 0 Å². The van der Waals surface area contributed by atoms with Gasteiger partial charge >= 0.3 is 0 Å². The number of alkyl halides is 1. The smallest absolute Gasteiger partial charge is 0.0643 e. The van der Waals surface area contributed by atoms with E-state index in [1.807, 2.05) is 18.2 Å². The summed E-state index contributed by atoms with van der Waals surface area (Å²) >= 11 is 4.82. The number of benzene rings is 1. The van der Waals surface area contributed by atoms with Crippen LogP contribution in [0.5, 0.6) is 0 Å². The van der Waals surface area contributed by atoms with E-state index >= 15 is 0 Å². The highest BCUT2D eigenvalue weighted by Crippen LogP contribution is 2.39. The normalized spacial score (nSPS) is 19.7. The lowest BCUT2D eigenvalue weighted by atomic mass is 9.93. The number of nitrogens with one attached hydrogen (secondary N) is 2. The lowest BCUT2D eigenvalue weighted by molar-refractivity contribution is 0.856. The third kappa shape index (κ3) is 3.08. The minimum atomic E-state index is 0.272. The average Bonchev–Trinajstić information content (AvgIpc) is 2.86. The molecule has 116 valence electrons. The SMILES string of the molecule is N=CC(C=N)=Cc1c(C2C=CC=C[C@@H]2I)n(I)c2ccccc12. The molecule has 0 fully saturated rings. The van der Waals surface area contributed by atoms with E-state index in [0.29, 0.717) is 9.50 Å². The second-order valence-corrected chi connectivity index (χ2v) is 7.67. The maximum absolute atomic E-state index is 7.50. The van der Waals surface area contributed by atoms with Crippen LogP contribution in [0.25, 0.3) is 17.0 Å². The van der Waals surface area contributed by atoms with Gasteiger partial charge in [-0.1, -0.05) is 65.1 Å². The number of aromatic nitrogens is 1. The van der Waals surface area contributed by atoms with E-state index in [2.05, 4.69) is 84.7 Å². The molecule has 1 aliphatic rings. The molecule has 1 heterocycles. The van der Waals surface area contributed by atoms with Gasteiger partial charge in [-0.15, -0.1) is 0 Å². The van der Waals surface area contributed by atoms with Gasteiger partial charge in [0.15, 0.2) is 0 Å². The summed E-state index contributed by atoms with van der Waals surface area (Å²) in [6.07, 6.45) is 13.0. The molecule has 3 rings (SSSR count). The summed E-state index contributed by atoms with van der Waals surface area (Å²) in [4.78, 5) is 0. The van der Waals surface area contributed by atoms with Gasteiger partial charge in [0.25, 0.3) is 0 Å². The van der Waals surface area contributed by atoms with Crippen molar-refractivity contribution < 1.29 is 0 Å². The van der Waals surface area contributed by atoms with Crippen LogP contribution in [0, 0.1) is 10.8 Å². The van der Waals surface area contributed by atoms with Gasteiger partial charge in [-0.3, -0.25) is 2.78 Å². The number of fused-ring (bicyclic) bond motifs is 1. The Kier molecular flexibility index (Phi) is 5.15. The summed E-state index contributed by atoms with van der Waals surface area (Å²) < 4.78 is 2.59.